The molecule has 0 bridgehead atoms. The maximum absolute atomic E-state index is 13.7. The molecule has 2 aliphatic heterocycles. The van der Waals surface area contributed by atoms with Gasteiger partial charge < -0.3 is 14.7 Å². The van der Waals surface area contributed by atoms with Crippen LogP contribution in [0.25, 0.3) is 11.3 Å². The van der Waals surface area contributed by atoms with Crippen LogP contribution < -0.4 is 14.7 Å². The van der Waals surface area contributed by atoms with Crippen molar-refractivity contribution >= 4 is 29.2 Å². The Morgan fingerprint density at radius 1 is 0.853 bits per heavy atom. The second kappa shape index (κ2) is 8.90. The summed E-state index contributed by atoms with van der Waals surface area (Å²) in [6.45, 7) is 3.35. The van der Waals surface area contributed by atoms with Crippen LogP contribution in [-0.2, 0) is 6.18 Å². The third-order valence-electron chi connectivity index (χ3n) is 6.05. The molecule has 11 heteroatoms. The van der Waals surface area contributed by atoms with Gasteiger partial charge in [0.2, 0.25) is 5.95 Å². The van der Waals surface area contributed by atoms with Gasteiger partial charge in [-0.2, -0.15) is 18.2 Å². The summed E-state index contributed by atoms with van der Waals surface area (Å²) in [5.41, 5.74) is 0.542. The second-order valence-corrected chi connectivity index (χ2v) is 8.63. The molecule has 2 saturated heterocycles. The van der Waals surface area contributed by atoms with Crippen molar-refractivity contribution in [2.24, 2.45) is 0 Å². The number of aromatic nitrogens is 3. The molecular weight excluding hydrogens is 472 g/mol. The molecule has 34 heavy (non-hydrogen) atoms. The number of anilines is 3. The Kier molecular flexibility index (Phi) is 5.93. The van der Waals surface area contributed by atoms with Crippen molar-refractivity contribution < 1.29 is 17.6 Å². The predicted octanol–water partition coefficient (Wildman–Crippen LogP) is 4.89. The van der Waals surface area contributed by atoms with E-state index in [1.807, 2.05) is 11.0 Å². The Morgan fingerprint density at radius 2 is 1.59 bits per heavy atom. The third kappa shape index (κ3) is 4.46. The number of pyridine rings is 1. The lowest BCUT2D eigenvalue weighted by molar-refractivity contribution is -0.137. The first-order valence-corrected chi connectivity index (χ1v) is 11.3. The molecule has 3 aromatic rings. The van der Waals surface area contributed by atoms with Gasteiger partial charge in [-0.3, -0.25) is 0 Å². The quantitative estimate of drug-likeness (QED) is 0.483. The summed E-state index contributed by atoms with van der Waals surface area (Å²) in [5, 5.41) is 0.00704. The highest BCUT2D eigenvalue weighted by Crippen LogP contribution is 2.36. The van der Waals surface area contributed by atoms with E-state index < -0.39 is 17.6 Å². The molecule has 0 N–H and O–H groups in total. The van der Waals surface area contributed by atoms with Crippen LogP contribution in [0.2, 0.25) is 5.02 Å². The van der Waals surface area contributed by atoms with Gasteiger partial charge >= 0.3 is 6.18 Å². The molecule has 0 unspecified atom stereocenters. The first-order chi connectivity index (χ1) is 16.3. The van der Waals surface area contributed by atoms with Gasteiger partial charge in [0.05, 0.1) is 16.3 Å². The minimum absolute atomic E-state index is 0.00704. The highest BCUT2D eigenvalue weighted by atomic mass is 35.5. The van der Waals surface area contributed by atoms with E-state index in [0.29, 0.717) is 49.2 Å². The van der Waals surface area contributed by atoms with Crippen LogP contribution >= 0.6 is 11.6 Å². The van der Waals surface area contributed by atoms with E-state index in [-0.39, 0.29) is 10.8 Å². The SMILES string of the molecule is Fc1ccc(-c2cc(N3CCN(c4ncccc4C(F)(F)F)CC3)nc(N3CCC3)n2)cc1Cl. The lowest BCUT2D eigenvalue weighted by Crippen LogP contribution is -2.48. The van der Waals surface area contributed by atoms with Crippen molar-refractivity contribution in [3.8, 4) is 11.3 Å². The summed E-state index contributed by atoms with van der Waals surface area (Å²) in [5.74, 6) is 0.682. The zero-order valence-corrected chi connectivity index (χ0v) is 18.8. The molecule has 1 aromatic carbocycles. The maximum Gasteiger partial charge on any atom is 0.419 e. The molecule has 0 spiro atoms. The zero-order valence-electron chi connectivity index (χ0n) is 18.1. The van der Waals surface area contributed by atoms with Crippen LogP contribution in [0.4, 0.5) is 35.1 Å². The van der Waals surface area contributed by atoms with Gasteiger partial charge in [-0.25, -0.2) is 14.4 Å². The highest BCUT2D eigenvalue weighted by Gasteiger charge is 2.36. The van der Waals surface area contributed by atoms with Crippen molar-refractivity contribution in [3.63, 3.8) is 0 Å². The first kappa shape index (κ1) is 22.6. The average molecular weight is 493 g/mol. The van der Waals surface area contributed by atoms with Crippen molar-refractivity contribution in [2.45, 2.75) is 12.6 Å². The molecule has 0 aliphatic carbocycles. The minimum Gasteiger partial charge on any atom is -0.353 e. The number of hydrogen-bond acceptors (Lipinski definition) is 6. The monoisotopic (exact) mass is 492 g/mol. The van der Waals surface area contributed by atoms with E-state index in [1.165, 1.54) is 24.4 Å². The number of halogens is 5. The molecule has 0 saturated carbocycles. The fourth-order valence-corrected chi connectivity index (χ4v) is 4.24. The molecule has 6 nitrogen and oxygen atoms in total. The third-order valence-corrected chi connectivity index (χ3v) is 6.34. The fraction of sp³-hybridized carbons (Fsp3) is 0.348. The average Bonchev–Trinajstić information content (AvgIpc) is 2.79. The van der Waals surface area contributed by atoms with Crippen molar-refractivity contribution in [1.29, 1.82) is 0 Å². The van der Waals surface area contributed by atoms with E-state index in [2.05, 4.69) is 14.9 Å². The molecule has 5 rings (SSSR count). The molecule has 2 fully saturated rings. The normalized spacial score (nSPS) is 16.6. The molecule has 2 aliphatic rings. The van der Waals surface area contributed by atoms with Crippen LogP contribution in [-0.4, -0.2) is 54.2 Å². The second-order valence-electron chi connectivity index (χ2n) is 8.23. The van der Waals surface area contributed by atoms with Gasteiger partial charge in [0, 0.05) is 57.1 Å². The smallest absolute Gasteiger partial charge is 0.353 e. The van der Waals surface area contributed by atoms with Gasteiger partial charge in [0.15, 0.2) is 0 Å². The van der Waals surface area contributed by atoms with Crippen LogP contribution in [0.15, 0.2) is 42.6 Å². The number of piperazine rings is 1. The van der Waals surface area contributed by atoms with E-state index in [4.69, 9.17) is 16.6 Å². The highest BCUT2D eigenvalue weighted by molar-refractivity contribution is 6.31. The molecular formula is C23H21ClF4N6. The molecule has 178 valence electrons. The zero-order chi connectivity index (χ0) is 23.9. The van der Waals surface area contributed by atoms with Gasteiger partial charge in [-0.05, 0) is 36.8 Å². The van der Waals surface area contributed by atoms with E-state index >= 15 is 0 Å². The topological polar surface area (TPSA) is 48.4 Å². The van der Waals surface area contributed by atoms with Crippen LogP contribution in [0.1, 0.15) is 12.0 Å². The van der Waals surface area contributed by atoms with Crippen LogP contribution in [0.5, 0.6) is 0 Å². The number of alkyl halides is 3. The largest absolute Gasteiger partial charge is 0.419 e. The van der Waals surface area contributed by atoms with Crippen molar-refractivity contribution in [1.82, 2.24) is 15.0 Å². The molecule has 0 radical (unpaired) electrons. The first-order valence-electron chi connectivity index (χ1n) is 10.9. The maximum atomic E-state index is 13.7. The Balaban J connectivity index is 1.41. The Labute approximate surface area is 198 Å². The summed E-state index contributed by atoms with van der Waals surface area (Å²) < 4.78 is 54.0. The van der Waals surface area contributed by atoms with Gasteiger partial charge in [0.1, 0.15) is 17.5 Å². The lowest BCUT2D eigenvalue weighted by Gasteiger charge is -2.38. The summed E-state index contributed by atoms with van der Waals surface area (Å²) in [7, 11) is 0. The fourth-order valence-electron chi connectivity index (χ4n) is 4.06. The molecule has 4 heterocycles. The summed E-state index contributed by atoms with van der Waals surface area (Å²) in [6, 6.07) is 8.60. The van der Waals surface area contributed by atoms with Crippen LogP contribution in [0.3, 0.4) is 0 Å². The Morgan fingerprint density at radius 3 is 2.24 bits per heavy atom. The van der Waals surface area contributed by atoms with Crippen LogP contribution in [0, 0.1) is 5.82 Å². The lowest BCUT2D eigenvalue weighted by atomic mass is 10.1. The number of benzene rings is 1. The van der Waals surface area contributed by atoms with E-state index in [1.54, 1.807) is 11.0 Å². The number of nitrogens with zero attached hydrogens (tertiary/aromatic N) is 6. The molecule has 2 aromatic heterocycles. The number of hydrogen-bond donors (Lipinski definition) is 0. The van der Waals surface area contributed by atoms with E-state index in [0.717, 1.165) is 25.6 Å². The predicted molar refractivity (Wildman–Crippen MR) is 123 cm³/mol. The van der Waals surface area contributed by atoms with E-state index in [9.17, 15) is 17.6 Å². The number of rotatable bonds is 4. The van der Waals surface area contributed by atoms with Crippen molar-refractivity contribution in [3.05, 3.63) is 59.0 Å². The Hall–Kier alpha value is -3.14. The summed E-state index contributed by atoms with van der Waals surface area (Å²) in [6.07, 6.45) is -2.04. The van der Waals surface area contributed by atoms with Crippen molar-refractivity contribution in [2.75, 3.05) is 54.0 Å². The van der Waals surface area contributed by atoms with Gasteiger partial charge in [-0.15, -0.1) is 0 Å². The minimum atomic E-state index is -4.47. The molecule has 0 atom stereocenters. The summed E-state index contributed by atoms with van der Waals surface area (Å²) >= 11 is 5.98. The molecule has 0 amide bonds. The Bertz CT molecular complexity index is 1190. The van der Waals surface area contributed by atoms with Gasteiger partial charge in [0.25, 0.3) is 0 Å². The standard InChI is InChI=1S/C23H21ClF4N6/c24-17-13-15(4-5-18(17)25)19-14-20(31-22(30-19)34-7-2-8-34)32-9-11-33(12-10-32)21-16(23(26,27)28)3-1-6-29-21/h1,3-6,13-14H,2,7-12H2. The van der Waals surface area contributed by atoms with Gasteiger partial charge in [-0.1, -0.05) is 11.6 Å². The summed E-state index contributed by atoms with van der Waals surface area (Å²) in [4.78, 5) is 19.1.